The van der Waals surface area contributed by atoms with Crippen LogP contribution in [0.2, 0.25) is 0 Å². The van der Waals surface area contributed by atoms with Crippen molar-refractivity contribution in [1.82, 2.24) is 9.32 Å². The van der Waals surface area contributed by atoms with E-state index in [2.05, 4.69) is 15.0 Å². The monoisotopic (exact) mass is 259 g/mol. The van der Waals surface area contributed by atoms with E-state index in [1.165, 1.54) is 18.7 Å². The van der Waals surface area contributed by atoms with Crippen LogP contribution >= 0.6 is 7.52 Å². The average molecular weight is 259 g/mol. The normalized spacial score (nSPS) is 32.5. The molecule has 1 fully saturated rings. The largest absolute Gasteiger partial charge is 0.377 e. The Morgan fingerprint density at radius 3 is 3.35 bits per heavy atom. The smallest absolute Gasteiger partial charge is 0.301 e. The van der Waals surface area contributed by atoms with Crippen LogP contribution < -0.4 is 0 Å². The first kappa shape index (κ1) is 10.8. The van der Waals surface area contributed by atoms with Gasteiger partial charge in [0.2, 0.25) is 0 Å². The molecule has 17 heavy (non-hydrogen) atoms. The van der Waals surface area contributed by atoms with Crippen LogP contribution in [0.3, 0.4) is 0 Å². The van der Waals surface area contributed by atoms with Gasteiger partial charge in [-0.1, -0.05) is 5.11 Å². The molecule has 8 nitrogen and oxygen atoms in total. The second-order valence-electron chi connectivity index (χ2n) is 3.64. The van der Waals surface area contributed by atoms with Gasteiger partial charge in [0, 0.05) is 23.9 Å². The first-order valence-corrected chi connectivity index (χ1v) is 6.75. The van der Waals surface area contributed by atoms with E-state index >= 15 is 0 Å². The number of nitrogens with zero attached hydrogens (tertiary/aromatic N) is 5. The molecule has 4 atom stereocenters. The predicted octanol–water partition coefficient (Wildman–Crippen LogP) is 1.38. The minimum atomic E-state index is -3.67. The Labute approximate surface area is 98.8 Å². The molecule has 1 N–H and O–H groups in total. The van der Waals surface area contributed by atoms with Crippen molar-refractivity contribution < 1.29 is 15.6 Å². The van der Waals surface area contributed by atoms with Crippen molar-refractivity contribution in [3.8, 4) is 0 Å². The zero-order valence-electron chi connectivity index (χ0n) is 9.83. The summed E-state index contributed by atoms with van der Waals surface area (Å²) in [7, 11) is -3.67. The zero-order valence-corrected chi connectivity index (χ0v) is 9.72. The van der Waals surface area contributed by atoms with Gasteiger partial charge in [0.1, 0.15) is 6.33 Å². The summed E-state index contributed by atoms with van der Waals surface area (Å²) in [4.78, 5) is 16.3. The van der Waals surface area contributed by atoms with Crippen LogP contribution in [0.4, 0.5) is 0 Å². The summed E-state index contributed by atoms with van der Waals surface area (Å²) < 4.78 is 25.9. The number of azide groups is 1. The molecule has 0 aromatic carbocycles. The maximum Gasteiger partial charge on any atom is 0.301 e. The van der Waals surface area contributed by atoms with Gasteiger partial charge in [0.05, 0.1) is 19.7 Å². The molecular weight excluding hydrogens is 245 g/mol. The Balaban J connectivity index is 2.13. The summed E-state index contributed by atoms with van der Waals surface area (Å²) in [6.45, 7) is -0.826. The quantitative estimate of drug-likeness (QED) is 0.381. The number of imidazole rings is 1. The van der Waals surface area contributed by atoms with Crippen molar-refractivity contribution in [3.63, 3.8) is 0 Å². The Bertz CT molecular complexity index is 503. The van der Waals surface area contributed by atoms with Crippen molar-refractivity contribution in [2.24, 2.45) is 5.11 Å². The number of ether oxygens (including phenoxy) is 1. The maximum atomic E-state index is 12.1. The van der Waals surface area contributed by atoms with E-state index in [1.807, 2.05) is 0 Å². The van der Waals surface area contributed by atoms with E-state index < -0.39 is 26.2 Å². The third-order valence-corrected chi connectivity index (χ3v) is 4.30. The number of rotatable bonds is 4. The molecule has 1 aromatic rings. The molecule has 9 heteroatoms. The highest BCUT2D eigenvalue weighted by atomic mass is 31.2. The van der Waals surface area contributed by atoms with Crippen LogP contribution in [0.5, 0.6) is 0 Å². The van der Waals surface area contributed by atoms with Crippen LogP contribution in [-0.2, 0) is 9.30 Å². The Morgan fingerprint density at radius 1 is 1.88 bits per heavy atom. The third-order valence-electron chi connectivity index (χ3n) is 2.51. The lowest BCUT2D eigenvalue weighted by Gasteiger charge is -2.18. The number of aromatic nitrogens is 2. The summed E-state index contributed by atoms with van der Waals surface area (Å²) in [5, 5.41) is 3.50. The topological polar surface area (TPSA) is 113 Å². The van der Waals surface area contributed by atoms with Gasteiger partial charge in [-0.3, -0.25) is 8.90 Å². The molecule has 0 amide bonds. The van der Waals surface area contributed by atoms with Crippen molar-refractivity contribution in [1.29, 1.82) is 0 Å². The fraction of sp³-hybridized carbons (Fsp3) is 0.625. The van der Waals surface area contributed by atoms with Gasteiger partial charge >= 0.3 is 7.52 Å². The van der Waals surface area contributed by atoms with E-state index in [1.54, 1.807) is 0 Å². The molecule has 0 bridgehead atoms. The lowest BCUT2D eigenvalue weighted by atomic mass is 10.2. The standard InChI is InChI=1S/C8H12N5O3P/c9-12-11-7-1-4-16-8(7)5-17(14,15)13-3-2-10-6-13/h2-3,6-8H,1,4-5H2,(H,14,15)/t7-,8-/m1/s1/i4T/t4-,7+,8+/m0. The van der Waals surface area contributed by atoms with Gasteiger partial charge in [-0.05, 0) is 12.0 Å². The van der Waals surface area contributed by atoms with Crippen molar-refractivity contribution >= 4 is 7.52 Å². The average Bonchev–Trinajstić information content (AvgIpc) is 2.89. The molecule has 0 aliphatic carbocycles. The molecule has 0 spiro atoms. The lowest BCUT2D eigenvalue weighted by Crippen LogP contribution is -2.24. The van der Waals surface area contributed by atoms with Crippen LogP contribution in [0.25, 0.3) is 10.4 Å². The molecular formula is C8H12N5O3P. The molecule has 92 valence electrons. The minimum absolute atomic E-state index is 0.206. The first-order chi connectivity index (χ1) is 8.53. The summed E-state index contributed by atoms with van der Waals surface area (Å²) >= 11 is 0. The highest BCUT2D eigenvalue weighted by Gasteiger charge is 2.34. The number of hydrogen-bond acceptors (Lipinski definition) is 4. The van der Waals surface area contributed by atoms with Gasteiger partial charge in [-0.25, -0.2) is 4.98 Å². The minimum Gasteiger partial charge on any atom is -0.377 e. The van der Waals surface area contributed by atoms with Crippen LogP contribution in [0.15, 0.2) is 23.8 Å². The van der Waals surface area contributed by atoms with Crippen molar-refractivity contribution in [2.75, 3.05) is 12.7 Å². The summed E-state index contributed by atoms with van der Waals surface area (Å²) in [6.07, 6.45) is 3.34. The van der Waals surface area contributed by atoms with Gasteiger partial charge in [-0.2, -0.15) is 0 Å². The molecule has 1 aliphatic heterocycles. The van der Waals surface area contributed by atoms with E-state index in [0.717, 1.165) is 4.34 Å². The van der Waals surface area contributed by atoms with Crippen molar-refractivity contribution in [2.45, 2.75) is 18.6 Å². The molecule has 2 heterocycles. The van der Waals surface area contributed by atoms with E-state index in [-0.39, 0.29) is 12.6 Å². The molecule has 0 radical (unpaired) electrons. The maximum absolute atomic E-state index is 12.1. The van der Waals surface area contributed by atoms with Gasteiger partial charge in [-0.15, -0.1) is 0 Å². The van der Waals surface area contributed by atoms with Crippen LogP contribution in [0.1, 0.15) is 7.79 Å². The zero-order chi connectivity index (χ0) is 13.2. The fourth-order valence-corrected chi connectivity index (χ4v) is 3.11. The summed E-state index contributed by atoms with van der Waals surface area (Å²) in [5.41, 5.74) is 8.41. The highest BCUT2D eigenvalue weighted by molar-refractivity contribution is 7.56. The molecule has 1 aromatic heterocycles. The lowest BCUT2D eigenvalue weighted by molar-refractivity contribution is 0.119. The van der Waals surface area contributed by atoms with E-state index in [9.17, 15) is 9.46 Å². The summed E-state index contributed by atoms with van der Waals surface area (Å²) in [5.74, 6) is 0. The van der Waals surface area contributed by atoms with Gasteiger partial charge < -0.3 is 9.63 Å². The molecule has 2 rings (SSSR count). The first-order valence-electron chi connectivity index (χ1n) is 5.53. The summed E-state index contributed by atoms with van der Waals surface area (Å²) in [6, 6.07) is -0.582. The molecule has 1 saturated heterocycles. The highest BCUT2D eigenvalue weighted by Crippen LogP contribution is 2.44. The fourth-order valence-electron chi connectivity index (χ4n) is 1.64. The molecule has 1 unspecified atom stereocenters. The van der Waals surface area contributed by atoms with Gasteiger partial charge in [0.25, 0.3) is 0 Å². The van der Waals surface area contributed by atoms with Gasteiger partial charge in [0.15, 0.2) is 0 Å². The Hall–Kier alpha value is -1.33. The Kier molecular flexibility index (Phi) is 3.11. The molecule has 0 saturated carbocycles. The number of hydrogen-bond donors (Lipinski definition) is 1. The second kappa shape index (κ2) is 4.89. The van der Waals surface area contributed by atoms with Crippen LogP contribution in [-0.4, -0.2) is 39.1 Å². The second-order valence-corrected chi connectivity index (χ2v) is 5.80. The van der Waals surface area contributed by atoms with E-state index in [0.29, 0.717) is 0 Å². The predicted molar refractivity (Wildman–Crippen MR) is 59.6 cm³/mol. The van der Waals surface area contributed by atoms with Crippen molar-refractivity contribution in [3.05, 3.63) is 29.2 Å². The Morgan fingerprint density at radius 2 is 2.71 bits per heavy atom. The SMILES string of the molecule is [3H][C@H]1C[C@@H](N=[N+]=[N-])[C@@H](CP(=O)(O)n2ccnc2)O1. The van der Waals surface area contributed by atoms with Crippen LogP contribution in [0, 0.1) is 0 Å². The third kappa shape index (κ3) is 2.68. The van der Waals surface area contributed by atoms with E-state index in [4.69, 9.17) is 11.6 Å². The molecule has 1 aliphatic rings.